The summed E-state index contributed by atoms with van der Waals surface area (Å²) in [4.78, 5) is 12.3. The maximum absolute atomic E-state index is 12.3. The summed E-state index contributed by atoms with van der Waals surface area (Å²) in [5.74, 6) is 1.23. The van der Waals surface area contributed by atoms with Crippen LogP contribution in [-0.4, -0.2) is 5.78 Å². The zero-order chi connectivity index (χ0) is 11.6. The molecule has 2 bridgehead atoms. The van der Waals surface area contributed by atoms with Crippen molar-refractivity contribution in [2.24, 2.45) is 22.2 Å². The normalized spacial score (nSPS) is 50.2. The molecule has 0 saturated heterocycles. The second-order valence-corrected chi connectivity index (χ2v) is 7.62. The summed E-state index contributed by atoms with van der Waals surface area (Å²) < 4.78 is 0. The van der Waals surface area contributed by atoms with Gasteiger partial charge in [-0.25, -0.2) is 0 Å². The Morgan fingerprint density at radius 3 is 2.62 bits per heavy atom. The molecule has 3 saturated carbocycles. The summed E-state index contributed by atoms with van der Waals surface area (Å²) in [6, 6.07) is 0. The zero-order valence-corrected chi connectivity index (χ0v) is 10.9. The molecule has 0 amide bonds. The van der Waals surface area contributed by atoms with Crippen molar-refractivity contribution >= 4 is 5.78 Å². The van der Waals surface area contributed by atoms with Crippen molar-refractivity contribution in [3.8, 4) is 0 Å². The van der Waals surface area contributed by atoms with E-state index in [2.05, 4.69) is 20.8 Å². The highest BCUT2D eigenvalue weighted by molar-refractivity contribution is 5.88. The summed E-state index contributed by atoms with van der Waals surface area (Å²) in [6.45, 7) is 6.86. The van der Waals surface area contributed by atoms with Gasteiger partial charge in [-0.2, -0.15) is 0 Å². The molecule has 1 heteroatoms. The van der Waals surface area contributed by atoms with Crippen molar-refractivity contribution in [3.05, 3.63) is 0 Å². The summed E-state index contributed by atoms with van der Waals surface area (Å²) in [5, 5.41) is 0. The molecule has 0 aromatic carbocycles. The molecule has 0 aromatic rings. The molecule has 0 unspecified atom stereocenters. The van der Waals surface area contributed by atoms with Gasteiger partial charge in [-0.3, -0.25) is 4.79 Å². The average Bonchev–Trinajstić information content (AvgIpc) is 2.32. The van der Waals surface area contributed by atoms with Crippen molar-refractivity contribution in [1.29, 1.82) is 0 Å². The highest BCUT2D eigenvalue weighted by Crippen LogP contribution is 2.67. The average molecular weight is 220 g/mol. The number of carbonyl (C=O) groups excluding carboxylic acids is 1. The van der Waals surface area contributed by atoms with E-state index in [0.717, 1.165) is 6.42 Å². The number of rotatable bonds is 0. The van der Waals surface area contributed by atoms with Gasteiger partial charge >= 0.3 is 0 Å². The Morgan fingerprint density at radius 1 is 1.12 bits per heavy atom. The summed E-state index contributed by atoms with van der Waals surface area (Å²) in [5.41, 5.74) is 0.944. The smallest absolute Gasteiger partial charge is 0.139 e. The fraction of sp³-hybridized carbons (Fsp3) is 0.933. The SMILES string of the molecule is CC1(C)C(=O)C[C@]23CCC[C@](C)(CC[C@@H]12)C3. The molecule has 0 N–H and O–H groups in total. The lowest BCUT2D eigenvalue weighted by atomic mass is 9.50. The van der Waals surface area contributed by atoms with Crippen LogP contribution in [0, 0.1) is 22.2 Å². The molecule has 3 aliphatic rings. The van der Waals surface area contributed by atoms with Crippen LogP contribution in [-0.2, 0) is 4.79 Å². The molecule has 1 spiro atoms. The molecule has 3 rings (SSSR count). The van der Waals surface area contributed by atoms with Gasteiger partial charge in [-0.1, -0.05) is 27.2 Å². The number of Topliss-reactive ketones (excluding diaryl/α,β-unsaturated/α-hetero) is 1. The van der Waals surface area contributed by atoms with Gasteiger partial charge in [-0.05, 0) is 48.9 Å². The van der Waals surface area contributed by atoms with Gasteiger partial charge in [0.1, 0.15) is 5.78 Å². The van der Waals surface area contributed by atoms with Gasteiger partial charge in [-0.15, -0.1) is 0 Å². The molecule has 3 atom stereocenters. The van der Waals surface area contributed by atoms with Crippen LogP contribution in [0.2, 0.25) is 0 Å². The number of carbonyl (C=O) groups is 1. The first-order valence-corrected chi connectivity index (χ1v) is 6.91. The third-order valence-corrected chi connectivity index (χ3v) is 6.11. The van der Waals surface area contributed by atoms with Gasteiger partial charge in [0.15, 0.2) is 0 Å². The monoisotopic (exact) mass is 220 g/mol. The molecular weight excluding hydrogens is 196 g/mol. The largest absolute Gasteiger partial charge is 0.299 e. The third-order valence-electron chi connectivity index (χ3n) is 6.11. The Labute approximate surface area is 99.0 Å². The van der Waals surface area contributed by atoms with E-state index in [1.807, 2.05) is 0 Å². The molecule has 3 fully saturated rings. The van der Waals surface area contributed by atoms with Gasteiger partial charge < -0.3 is 0 Å². The second-order valence-electron chi connectivity index (χ2n) is 7.62. The Kier molecular flexibility index (Phi) is 1.97. The zero-order valence-electron chi connectivity index (χ0n) is 10.9. The third kappa shape index (κ3) is 1.21. The van der Waals surface area contributed by atoms with E-state index in [1.54, 1.807) is 0 Å². The quantitative estimate of drug-likeness (QED) is 0.604. The van der Waals surface area contributed by atoms with E-state index in [4.69, 9.17) is 0 Å². The van der Waals surface area contributed by atoms with Crippen LogP contribution in [0.25, 0.3) is 0 Å². The second kappa shape index (κ2) is 2.91. The van der Waals surface area contributed by atoms with Gasteiger partial charge in [0.2, 0.25) is 0 Å². The van der Waals surface area contributed by atoms with Crippen LogP contribution in [0.15, 0.2) is 0 Å². The van der Waals surface area contributed by atoms with Crippen molar-refractivity contribution < 1.29 is 4.79 Å². The Balaban J connectivity index is 2.01. The van der Waals surface area contributed by atoms with Crippen LogP contribution >= 0.6 is 0 Å². The van der Waals surface area contributed by atoms with E-state index in [-0.39, 0.29) is 5.41 Å². The number of hydrogen-bond donors (Lipinski definition) is 0. The Hall–Kier alpha value is -0.330. The maximum Gasteiger partial charge on any atom is 0.139 e. The van der Waals surface area contributed by atoms with Crippen molar-refractivity contribution in [1.82, 2.24) is 0 Å². The van der Waals surface area contributed by atoms with Gasteiger partial charge in [0, 0.05) is 11.8 Å². The van der Waals surface area contributed by atoms with E-state index >= 15 is 0 Å². The molecule has 16 heavy (non-hydrogen) atoms. The minimum atomic E-state index is -0.0291. The first-order valence-electron chi connectivity index (χ1n) is 6.91. The first kappa shape index (κ1) is 10.8. The topological polar surface area (TPSA) is 17.1 Å². The molecule has 90 valence electrons. The van der Waals surface area contributed by atoms with E-state index in [0.29, 0.717) is 22.5 Å². The molecule has 0 heterocycles. The van der Waals surface area contributed by atoms with Crippen molar-refractivity contribution in [3.63, 3.8) is 0 Å². The number of hydrogen-bond acceptors (Lipinski definition) is 1. The summed E-state index contributed by atoms with van der Waals surface area (Å²) in [7, 11) is 0. The van der Waals surface area contributed by atoms with E-state index in [1.165, 1.54) is 38.5 Å². The predicted octanol–water partition coefficient (Wildman–Crippen LogP) is 3.96. The minimum Gasteiger partial charge on any atom is -0.299 e. The minimum absolute atomic E-state index is 0.0291. The lowest BCUT2D eigenvalue weighted by Gasteiger charge is -2.54. The van der Waals surface area contributed by atoms with Crippen LogP contribution < -0.4 is 0 Å². The molecule has 0 aliphatic heterocycles. The van der Waals surface area contributed by atoms with Gasteiger partial charge in [0.25, 0.3) is 0 Å². The maximum atomic E-state index is 12.3. The fourth-order valence-corrected chi connectivity index (χ4v) is 5.35. The molecule has 1 nitrogen and oxygen atoms in total. The van der Waals surface area contributed by atoms with E-state index < -0.39 is 0 Å². The number of ketones is 1. The first-order chi connectivity index (χ1) is 7.38. The number of fused-ring (bicyclic) bond motifs is 1. The fourth-order valence-electron chi connectivity index (χ4n) is 5.35. The molecule has 0 aromatic heterocycles. The van der Waals surface area contributed by atoms with E-state index in [9.17, 15) is 4.79 Å². The molecular formula is C15H24O. The highest BCUT2D eigenvalue weighted by Gasteiger charge is 2.61. The van der Waals surface area contributed by atoms with Crippen molar-refractivity contribution in [2.45, 2.75) is 65.7 Å². The van der Waals surface area contributed by atoms with Gasteiger partial charge in [0.05, 0.1) is 0 Å². The highest BCUT2D eigenvalue weighted by atomic mass is 16.1. The van der Waals surface area contributed by atoms with Crippen LogP contribution in [0.5, 0.6) is 0 Å². The van der Waals surface area contributed by atoms with Crippen LogP contribution in [0.3, 0.4) is 0 Å². The Morgan fingerprint density at radius 2 is 1.88 bits per heavy atom. The predicted molar refractivity (Wildman–Crippen MR) is 65.1 cm³/mol. The standard InChI is InChI=1S/C15H24O/c1-13(2)11-5-8-14(3)6-4-7-15(11,10-14)9-12(13)16/h11H,4-10H2,1-3H3/t11-,14+,15-/m0/s1. The van der Waals surface area contributed by atoms with Crippen molar-refractivity contribution in [2.75, 3.05) is 0 Å². The molecule has 3 aliphatic carbocycles. The van der Waals surface area contributed by atoms with Crippen LogP contribution in [0.1, 0.15) is 65.7 Å². The van der Waals surface area contributed by atoms with Crippen LogP contribution in [0.4, 0.5) is 0 Å². The molecule has 0 radical (unpaired) electrons. The lowest BCUT2D eigenvalue weighted by Crippen LogP contribution is -2.45. The lowest BCUT2D eigenvalue weighted by molar-refractivity contribution is -0.125. The summed E-state index contributed by atoms with van der Waals surface area (Å²) in [6.07, 6.45) is 8.96. The Bertz CT molecular complexity index is 343. The summed E-state index contributed by atoms with van der Waals surface area (Å²) >= 11 is 0.